The molecular weight excluding hydrogens is 218 g/mol. The number of carboxylic acids is 1. The minimum Gasteiger partial charge on any atom is -0.497 e. The Balaban J connectivity index is 0.00000196. The summed E-state index contributed by atoms with van der Waals surface area (Å²) in [5, 5.41) is 8.61. The van der Waals surface area contributed by atoms with Gasteiger partial charge in [0.2, 0.25) is 0 Å². The second-order valence-corrected chi connectivity index (χ2v) is 3.00. The molecule has 1 unspecified atom stereocenters. The number of rotatable bonds is 4. The largest absolute Gasteiger partial charge is 0.497 e. The van der Waals surface area contributed by atoms with E-state index in [9.17, 15) is 4.79 Å². The molecule has 0 bridgehead atoms. The average molecular weight is 232 g/mol. The van der Waals surface area contributed by atoms with Gasteiger partial charge in [-0.15, -0.1) is 12.4 Å². The van der Waals surface area contributed by atoms with Crippen molar-refractivity contribution >= 4 is 18.4 Å². The SMILES string of the molecule is COc1cccc(CC(N)C(=O)O)c1.Cl. The molecular formula is C10H14ClNO3. The van der Waals surface area contributed by atoms with E-state index >= 15 is 0 Å². The Morgan fingerprint density at radius 3 is 2.80 bits per heavy atom. The fraction of sp³-hybridized carbons (Fsp3) is 0.300. The third-order valence-electron chi connectivity index (χ3n) is 1.91. The summed E-state index contributed by atoms with van der Waals surface area (Å²) in [7, 11) is 1.57. The molecule has 1 atom stereocenters. The van der Waals surface area contributed by atoms with Crippen molar-refractivity contribution in [1.29, 1.82) is 0 Å². The summed E-state index contributed by atoms with van der Waals surface area (Å²) in [6, 6.07) is 6.36. The van der Waals surface area contributed by atoms with Crippen LogP contribution in [0.2, 0.25) is 0 Å². The van der Waals surface area contributed by atoms with Crippen LogP contribution >= 0.6 is 12.4 Å². The number of carbonyl (C=O) groups is 1. The summed E-state index contributed by atoms with van der Waals surface area (Å²) in [6.07, 6.45) is 0.312. The molecule has 0 saturated carbocycles. The Labute approximate surface area is 94.5 Å². The minimum absolute atomic E-state index is 0. The lowest BCUT2D eigenvalue weighted by molar-refractivity contribution is -0.138. The maximum Gasteiger partial charge on any atom is 0.320 e. The number of halogens is 1. The van der Waals surface area contributed by atoms with E-state index in [1.807, 2.05) is 12.1 Å². The molecule has 0 saturated heterocycles. The Bertz CT molecular complexity index is 330. The zero-order chi connectivity index (χ0) is 10.6. The molecule has 1 rings (SSSR count). The number of benzene rings is 1. The lowest BCUT2D eigenvalue weighted by atomic mass is 10.1. The van der Waals surface area contributed by atoms with Gasteiger partial charge >= 0.3 is 5.97 Å². The van der Waals surface area contributed by atoms with Crippen LogP contribution in [0.3, 0.4) is 0 Å². The third kappa shape index (κ3) is 4.18. The van der Waals surface area contributed by atoms with Crippen molar-refractivity contribution < 1.29 is 14.6 Å². The molecule has 4 nitrogen and oxygen atoms in total. The highest BCUT2D eigenvalue weighted by Gasteiger charge is 2.11. The number of carboxylic acid groups (broad SMARTS) is 1. The molecule has 0 aliphatic carbocycles. The second kappa shape index (κ2) is 6.27. The molecule has 15 heavy (non-hydrogen) atoms. The van der Waals surface area contributed by atoms with Crippen LogP contribution in [-0.4, -0.2) is 24.2 Å². The van der Waals surface area contributed by atoms with E-state index in [1.165, 1.54) is 0 Å². The maximum atomic E-state index is 10.5. The Hall–Kier alpha value is -1.26. The number of nitrogens with two attached hydrogens (primary N) is 1. The number of hydrogen-bond acceptors (Lipinski definition) is 3. The normalized spacial score (nSPS) is 11.3. The Kier molecular flexibility index (Phi) is 5.74. The van der Waals surface area contributed by atoms with Crippen LogP contribution in [0.1, 0.15) is 5.56 Å². The molecule has 1 aromatic rings. The highest BCUT2D eigenvalue weighted by Crippen LogP contribution is 2.13. The van der Waals surface area contributed by atoms with E-state index in [2.05, 4.69) is 0 Å². The molecule has 0 spiro atoms. The first kappa shape index (κ1) is 13.7. The summed E-state index contributed by atoms with van der Waals surface area (Å²) in [5.74, 6) is -0.284. The molecule has 3 N–H and O–H groups in total. The zero-order valence-electron chi connectivity index (χ0n) is 8.34. The van der Waals surface area contributed by atoms with Gasteiger partial charge in [-0.3, -0.25) is 4.79 Å². The lowest BCUT2D eigenvalue weighted by Crippen LogP contribution is -2.32. The van der Waals surface area contributed by atoms with Gasteiger partial charge in [0.15, 0.2) is 0 Å². The molecule has 0 radical (unpaired) electrons. The van der Waals surface area contributed by atoms with Crippen LogP contribution in [0.15, 0.2) is 24.3 Å². The van der Waals surface area contributed by atoms with Gasteiger partial charge in [-0.25, -0.2) is 0 Å². The van der Waals surface area contributed by atoms with Crippen molar-refractivity contribution in [3.63, 3.8) is 0 Å². The van der Waals surface area contributed by atoms with Gasteiger partial charge in [-0.2, -0.15) is 0 Å². The van der Waals surface area contributed by atoms with Gasteiger partial charge in [0, 0.05) is 0 Å². The Morgan fingerprint density at radius 1 is 1.60 bits per heavy atom. The van der Waals surface area contributed by atoms with Crippen LogP contribution in [0, 0.1) is 0 Å². The first-order valence-electron chi connectivity index (χ1n) is 4.25. The van der Waals surface area contributed by atoms with Crippen molar-refractivity contribution in [2.24, 2.45) is 5.73 Å². The second-order valence-electron chi connectivity index (χ2n) is 3.00. The number of aliphatic carboxylic acids is 1. The molecule has 1 aromatic carbocycles. The van der Waals surface area contributed by atoms with Crippen molar-refractivity contribution in [3.05, 3.63) is 29.8 Å². The molecule has 0 aliphatic rings. The highest BCUT2D eigenvalue weighted by molar-refractivity contribution is 5.85. The molecule has 0 aliphatic heterocycles. The van der Waals surface area contributed by atoms with Crippen LogP contribution in [-0.2, 0) is 11.2 Å². The topological polar surface area (TPSA) is 72.5 Å². The van der Waals surface area contributed by atoms with Gasteiger partial charge in [0.25, 0.3) is 0 Å². The van der Waals surface area contributed by atoms with Crippen LogP contribution in [0.5, 0.6) is 5.75 Å². The van der Waals surface area contributed by atoms with Gasteiger partial charge in [0.1, 0.15) is 11.8 Å². The molecule has 0 fully saturated rings. The predicted octanol–water partition coefficient (Wildman–Crippen LogP) is 1.07. The van der Waals surface area contributed by atoms with Crippen molar-refractivity contribution in [2.45, 2.75) is 12.5 Å². The van der Waals surface area contributed by atoms with E-state index in [-0.39, 0.29) is 12.4 Å². The van der Waals surface area contributed by atoms with Crippen LogP contribution < -0.4 is 10.5 Å². The lowest BCUT2D eigenvalue weighted by Gasteiger charge is -2.07. The number of hydrogen-bond donors (Lipinski definition) is 2. The molecule has 0 heterocycles. The predicted molar refractivity (Wildman–Crippen MR) is 59.6 cm³/mol. The zero-order valence-corrected chi connectivity index (χ0v) is 9.16. The summed E-state index contributed by atoms with van der Waals surface area (Å²) in [4.78, 5) is 10.5. The smallest absolute Gasteiger partial charge is 0.320 e. The molecule has 84 valence electrons. The molecule has 5 heteroatoms. The summed E-state index contributed by atoms with van der Waals surface area (Å²) in [5.41, 5.74) is 6.26. The Morgan fingerprint density at radius 2 is 2.27 bits per heavy atom. The minimum atomic E-state index is -0.993. The average Bonchev–Trinajstić information content (AvgIpc) is 2.18. The van der Waals surface area contributed by atoms with Gasteiger partial charge in [-0.1, -0.05) is 12.1 Å². The van der Waals surface area contributed by atoms with Crippen molar-refractivity contribution in [1.82, 2.24) is 0 Å². The monoisotopic (exact) mass is 231 g/mol. The number of methoxy groups -OCH3 is 1. The van der Waals surface area contributed by atoms with E-state index in [0.29, 0.717) is 12.2 Å². The standard InChI is InChI=1S/C10H13NO3.ClH/c1-14-8-4-2-3-7(5-8)6-9(11)10(12)13;/h2-5,9H,6,11H2,1H3,(H,12,13);1H. The van der Waals surface area contributed by atoms with Gasteiger partial charge in [0.05, 0.1) is 7.11 Å². The summed E-state index contributed by atoms with van der Waals surface area (Å²) < 4.78 is 5.01. The van der Waals surface area contributed by atoms with Gasteiger partial charge < -0.3 is 15.6 Å². The van der Waals surface area contributed by atoms with E-state index in [4.69, 9.17) is 15.6 Å². The summed E-state index contributed by atoms with van der Waals surface area (Å²) in [6.45, 7) is 0. The molecule has 0 aromatic heterocycles. The first-order valence-corrected chi connectivity index (χ1v) is 4.25. The summed E-state index contributed by atoms with van der Waals surface area (Å²) >= 11 is 0. The van der Waals surface area contributed by atoms with Crippen LogP contribution in [0.25, 0.3) is 0 Å². The van der Waals surface area contributed by atoms with E-state index in [1.54, 1.807) is 19.2 Å². The fourth-order valence-corrected chi connectivity index (χ4v) is 1.14. The first-order chi connectivity index (χ1) is 6.63. The maximum absolute atomic E-state index is 10.5. The van der Waals surface area contributed by atoms with Crippen molar-refractivity contribution in [2.75, 3.05) is 7.11 Å². The van der Waals surface area contributed by atoms with E-state index in [0.717, 1.165) is 5.56 Å². The van der Waals surface area contributed by atoms with Crippen LogP contribution in [0.4, 0.5) is 0 Å². The number of ether oxygens (including phenoxy) is 1. The quantitative estimate of drug-likeness (QED) is 0.813. The fourth-order valence-electron chi connectivity index (χ4n) is 1.14. The van der Waals surface area contributed by atoms with Crippen molar-refractivity contribution in [3.8, 4) is 5.75 Å². The highest BCUT2D eigenvalue weighted by atomic mass is 35.5. The third-order valence-corrected chi connectivity index (χ3v) is 1.91. The molecule has 0 amide bonds. The van der Waals surface area contributed by atoms with E-state index < -0.39 is 12.0 Å². The van der Waals surface area contributed by atoms with Gasteiger partial charge in [-0.05, 0) is 24.1 Å².